The van der Waals surface area contributed by atoms with Crippen LogP contribution in [0.2, 0.25) is 0 Å². The summed E-state index contributed by atoms with van der Waals surface area (Å²) in [6, 6.07) is 12.0. The Morgan fingerprint density at radius 2 is 1.57 bits per heavy atom. The Labute approximate surface area is 181 Å². The van der Waals surface area contributed by atoms with Gasteiger partial charge >= 0.3 is 0 Å². The summed E-state index contributed by atoms with van der Waals surface area (Å²) < 4.78 is 15.0. The Morgan fingerprint density at radius 3 is 2.20 bits per heavy atom. The van der Waals surface area contributed by atoms with E-state index in [2.05, 4.69) is 25.1 Å². The van der Waals surface area contributed by atoms with Crippen LogP contribution in [-0.2, 0) is 19.3 Å². The highest BCUT2D eigenvalue weighted by molar-refractivity contribution is 5.69. The third-order valence-corrected chi connectivity index (χ3v) is 6.80. The highest BCUT2D eigenvalue weighted by Crippen LogP contribution is 2.31. The zero-order valence-corrected chi connectivity index (χ0v) is 18.4. The van der Waals surface area contributed by atoms with Gasteiger partial charge in [0.25, 0.3) is 0 Å². The molecule has 2 aromatic carbocycles. The van der Waals surface area contributed by atoms with Gasteiger partial charge in [0.1, 0.15) is 5.82 Å². The molecular weight excluding hydrogens is 375 g/mol. The van der Waals surface area contributed by atoms with E-state index < -0.39 is 0 Å². The van der Waals surface area contributed by atoms with Gasteiger partial charge in [0.15, 0.2) is 0 Å². The SMILES string of the molecule is CCc1cc(CCC(CO)CO)ccc1-c1ccc(CCC2CCCCC2)cc1F. The number of aliphatic hydroxyl groups excluding tert-OH is 2. The topological polar surface area (TPSA) is 40.5 Å². The van der Waals surface area contributed by atoms with Crippen molar-refractivity contribution in [2.45, 2.75) is 71.1 Å². The van der Waals surface area contributed by atoms with Crippen molar-refractivity contribution in [2.75, 3.05) is 13.2 Å². The van der Waals surface area contributed by atoms with Crippen molar-refractivity contribution in [3.63, 3.8) is 0 Å². The van der Waals surface area contributed by atoms with Crippen LogP contribution >= 0.6 is 0 Å². The maximum absolute atomic E-state index is 15.0. The summed E-state index contributed by atoms with van der Waals surface area (Å²) in [7, 11) is 0. The Hall–Kier alpha value is -1.71. The molecule has 3 heteroatoms. The second kappa shape index (κ2) is 11.6. The van der Waals surface area contributed by atoms with Crippen molar-refractivity contribution in [1.82, 2.24) is 0 Å². The molecule has 0 aromatic heterocycles. The van der Waals surface area contributed by atoms with Crippen LogP contribution in [0.4, 0.5) is 4.39 Å². The van der Waals surface area contributed by atoms with Gasteiger partial charge in [0, 0.05) is 24.7 Å². The molecule has 0 heterocycles. The molecule has 2 aromatic rings. The van der Waals surface area contributed by atoms with Crippen molar-refractivity contribution in [3.05, 3.63) is 58.9 Å². The predicted octanol–water partition coefficient (Wildman–Crippen LogP) is 6.10. The second-order valence-corrected chi connectivity index (χ2v) is 8.97. The number of rotatable bonds is 10. The molecule has 1 fully saturated rings. The molecule has 1 aliphatic carbocycles. The lowest BCUT2D eigenvalue weighted by Gasteiger charge is -2.21. The van der Waals surface area contributed by atoms with E-state index in [0.29, 0.717) is 5.56 Å². The van der Waals surface area contributed by atoms with Crippen LogP contribution in [0, 0.1) is 17.7 Å². The average molecular weight is 413 g/mol. The van der Waals surface area contributed by atoms with Gasteiger partial charge < -0.3 is 10.2 Å². The van der Waals surface area contributed by atoms with E-state index in [-0.39, 0.29) is 24.9 Å². The Bertz CT molecular complexity index is 791. The summed E-state index contributed by atoms with van der Waals surface area (Å²) in [6.45, 7) is 2.12. The van der Waals surface area contributed by atoms with Crippen LogP contribution in [0.3, 0.4) is 0 Å². The van der Waals surface area contributed by atoms with Gasteiger partial charge in [-0.3, -0.25) is 0 Å². The first-order valence-corrected chi connectivity index (χ1v) is 11.8. The predicted molar refractivity (Wildman–Crippen MR) is 122 cm³/mol. The molecule has 0 aliphatic heterocycles. The van der Waals surface area contributed by atoms with E-state index in [9.17, 15) is 10.2 Å². The number of hydrogen-bond acceptors (Lipinski definition) is 2. The summed E-state index contributed by atoms with van der Waals surface area (Å²) in [5, 5.41) is 18.5. The minimum Gasteiger partial charge on any atom is -0.396 e. The van der Waals surface area contributed by atoms with Crippen LogP contribution < -0.4 is 0 Å². The fourth-order valence-corrected chi connectivity index (χ4v) is 4.75. The standard InChI is InChI=1S/C27H37FO2/c1-2-24-16-21(10-11-23(18-29)19-30)12-14-25(24)26-15-13-22(17-27(26)28)9-8-20-6-4-3-5-7-20/h12-17,20,23,29-30H,2-11,18-19H2,1H3. The lowest BCUT2D eigenvalue weighted by atomic mass is 9.85. The van der Waals surface area contributed by atoms with Gasteiger partial charge in [-0.15, -0.1) is 0 Å². The lowest BCUT2D eigenvalue weighted by molar-refractivity contribution is 0.144. The summed E-state index contributed by atoms with van der Waals surface area (Å²) >= 11 is 0. The molecule has 0 atom stereocenters. The molecule has 0 saturated heterocycles. The zero-order chi connectivity index (χ0) is 21.3. The minimum absolute atomic E-state index is 0.00747. The van der Waals surface area contributed by atoms with E-state index in [4.69, 9.17) is 0 Å². The van der Waals surface area contributed by atoms with Crippen LogP contribution in [0.25, 0.3) is 11.1 Å². The van der Waals surface area contributed by atoms with E-state index in [0.717, 1.165) is 48.3 Å². The van der Waals surface area contributed by atoms with Gasteiger partial charge in [-0.1, -0.05) is 69.4 Å². The Morgan fingerprint density at radius 1 is 0.900 bits per heavy atom. The zero-order valence-electron chi connectivity index (χ0n) is 18.4. The molecule has 0 unspecified atom stereocenters. The van der Waals surface area contributed by atoms with E-state index in [1.165, 1.54) is 44.1 Å². The van der Waals surface area contributed by atoms with Gasteiger partial charge in [-0.05, 0) is 66.3 Å². The highest BCUT2D eigenvalue weighted by atomic mass is 19.1. The summed E-state index contributed by atoms with van der Waals surface area (Å²) in [6.07, 6.45) is 11.3. The number of aryl methyl sites for hydroxylation is 3. The first-order valence-electron chi connectivity index (χ1n) is 11.8. The third-order valence-electron chi connectivity index (χ3n) is 6.80. The molecule has 3 rings (SSSR count). The molecule has 30 heavy (non-hydrogen) atoms. The van der Waals surface area contributed by atoms with Crippen LogP contribution in [0.15, 0.2) is 36.4 Å². The molecule has 2 nitrogen and oxygen atoms in total. The summed E-state index contributed by atoms with van der Waals surface area (Å²) in [4.78, 5) is 0. The van der Waals surface area contributed by atoms with Gasteiger partial charge in [0.05, 0.1) is 0 Å². The van der Waals surface area contributed by atoms with Crippen molar-refractivity contribution >= 4 is 0 Å². The van der Waals surface area contributed by atoms with Crippen LogP contribution in [0.5, 0.6) is 0 Å². The van der Waals surface area contributed by atoms with Crippen molar-refractivity contribution in [3.8, 4) is 11.1 Å². The summed E-state index contributed by atoms with van der Waals surface area (Å²) in [5.41, 5.74) is 5.08. The third kappa shape index (κ3) is 6.15. The number of benzene rings is 2. The van der Waals surface area contributed by atoms with E-state index in [1.54, 1.807) is 6.07 Å². The Kier molecular flexibility index (Phi) is 8.89. The first kappa shape index (κ1) is 23.0. The minimum atomic E-state index is -0.126. The molecule has 0 bridgehead atoms. The van der Waals surface area contributed by atoms with E-state index >= 15 is 4.39 Å². The normalized spacial score (nSPS) is 15.1. The summed E-state index contributed by atoms with van der Waals surface area (Å²) in [5.74, 6) is 0.615. The molecule has 0 radical (unpaired) electrons. The molecule has 0 amide bonds. The number of hydrogen-bond donors (Lipinski definition) is 2. The largest absolute Gasteiger partial charge is 0.396 e. The first-order chi connectivity index (χ1) is 14.6. The van der Waals surface area contributed by atoms with E-state index in [1.807, 2.05) is 12.1 Å². The molecule has 1 saturated carbocycles. The van der Waals surface area contributed by atoms with Crippen LogP contribution in [0.1, 0.15) is 68.6 Å². The van der Waals surface area contributed by atoms with Crippen LogP contribution in [-0.4, -0.2) is 23.4 Å². The maximum Gasteiger partial charge on any atom is 0.131 e. The van der Waals surface area contributed by atoms with Crippen molar-refractivity contribution in [2.24, 2.45) is 11.8 Å². The molecule has 164 valence electrons. The molecule has 0 spiro atoms. The average Bonchev–Trinajstić information content (AvgIpc) is 2.79. The Balaban J connectivity index is 1.69. The van der Waals surface area contributed by atoms with Gasteiger partial charge in [-0.2, -0.15) is 0 Å². The fraction of sp³-hybridized carbons (Fsp3) is 0.556. The smallest absolute Gasteiger partial charge is 0.131 e. The quantitative estimate of drug-likeness (QED) is 0.495. The van der Waals surface area contributed by atoms with Crippen molar-refractivity contribution in [1.29, 1.82) is 0 Å². The fourth-order valence-electron chi connectivity index (χ4n) is 4.75. The monoisotopic (exact) mass is 412 g/mol. The number of halogens is 1. The maximum atomic E-state index is 15.0. The van der Waals surface area contributed by atoms with Gasteiger partial charge in [-0.25, -0.2) is 4.39 Å². The van der Waals surface area contributed by atoms with Crippen molar-refractivity contribution < 1.29 is 14.6 Å². The lowest BCUT2D eigenvalue weighted by Crippen LogP contribution is -2.12. The second-order valence-electron chi connectivity index (χ2n) is 8.97. The number of aliphatic hydroxyl groups is 2. The van der Waals surface area contributed by atoms with Gasteiger partial charge in [0.2, 0.25) is 0 Å². The highest BCUT2D eigenvalue weighted by Gasteiger charge is 2.15. The molecular formula is C27H37FO2. The molecule has 1 aliphatic rings. The molecule has 2 N–H and O–H groups in total.